The number of fused-ring (bicyclic) bond motifs is 1. The van der Waals surface area contributed by atoms with Gasteiger partial charge in [0.25, 0.3) is 5.91 Å². The molecule has 1 aliphatic heterocycles. The number of carbonyl (C=O) groups excluding carboxylic acids is 1. The molecule has 5 atom stereocenters. The molecule has 5 N–H and O–H groups in total. The highest BCUT2D eigenvalue weighted by atomic mass is 16.7. The highest BCUT2D eigenvalue weighted by Gasteiger charge is 2.48. The van der Waals surface area contributed by atoms with Gasteiger partial charge in [0.05, 0.1) is 0 Å². The number of carbonyl (C=O) groups is 1. The van der Waals surface area contributed by atoms with Crippen molar-refractivity contribution < 1.29 is 43.8 Å². The Hall–Kier alpha value is -4.42. The molecule has 4 aromatic rings. The first kappa shape index (κ1) is 33.0. The molecule has 0 saturated carbocycles. The highest BCUT2D eigenvalue weighted by Crippen LogP contribution is 2.37. The Morgan fingerprint density at radius 2 is 1.67 bits per heavy atom. The van der Waals surface area contributed by atoms with Gasteiger partial charge in [0, 0.05) is 29.8 Å². The number of hydrogen-bond acceptors (Lipinski definition) is 10. The number of aliphatic hydroxyl groups excluding tert-OH is 3. The van der Waals surface area contributed by atoms with Gasteiger partial charge in [-0.05, 0) is 43.2 Å². The average Bonchev–Trinajstić information content (AvgIpc) is 3.06. The van der Waals surface area contributed by atoms with Crippen LogP contribution in [0.4, 0.5) is 0 Å². The SMILES string of the molecule is CCCCCCNC(=O)C1OC(Oc2cc3oc(-c4ccc(OCc5ccccc5)cc4)cc(=O)c3c(O)c2C)C(O)C(O)C1O. The molecule has 5 rings (SSSR count). The second-order valence-corrected chi connectivity index (χ2v) is 11.4. The van der Waals surface area contributed by atoms with Gasteiger partial charge < -0.3 is 44.4 Å². The van der Waals surface area contributed by atoms with Crippen LogP contribution in [0.15, 0.2) is 75.9 Å². The summed E-state index contributed by atoms with van der Waals surface area (Å²) in [5.74, 6) is -0.231. The van der Waals surface area contributed by atoms with E-state index in [0.29, 0.717) is 24.5 Å². The zero-order chi connectivity index (χ0) is 32.8. The summed E-state index contributed by atoms with van der Waals surface area (Å²) < 4.78 is 23.3. The minimum atomic E-state index is -1.76. The molecule has 1 aliphatic rings. The third-order valence-corrected chi connectivity index (χ3v) is 7.99. The first-order valence-electron chi connectivity index (χ1n) is 15.4. The zero-order valence-corrected chi connectivity index (χ0v) is 25.7. The van der Waals surface area contributed by atoms with E-state index >= 15 is 0 Å². The van der Waals surface area contributed by atoms with Gasteiger partial charge >= 0.3 is 0 Å². The molecule has 2 heterocycles. The molecule has 3 aromatic carbocycles. The van der Waals surface area contributed by atoms with Crippen molar-refractivity contribution in [2.75, 3.05) is 6.54 Å². The first-order chi connectivity index (χ1) is 22.2. The molecule has 244 valence electrons. The lowest BCUT2D eigenvalue weighted by molar-refractivity contribution is -0.266. The van der Waals surface area contributed by atoms with Gasteiger partial charge in [0.15, 0.2) is 11.5 Å². The summed E-state index contributed by atoms with van der Waals surface area (Å²) >= 11 is 0. The van der Waals surface area contributed by atoms with Crippen molar-refractivity contribution in [2.45, 2.75) is 76.8 Å². The molecule has 46 heavy (non-hydrogen) atoms. The molecule has 0 radical (unpaired) electrons. The smallest absolute Gasteiger partial charge is 0.252 e. The number of aromatic hydroxyl groups is 1. The number of nitrogens with one attached hydrogen (secondary N) is 1. The van der Waals surface area contributed by atoms with Crippen LogP contribution < -0.4 is 20.2 Å². The Morgan fingerprint density at radius 1 is 0.935 bits per heavy atom. The van der Waals surface area contributed by atoms with Crippen molar-refractivity contribution in [1.29, 1.82) is 0 Å². The fourth-order valence-corrected chi connectivity index (χ4v) is 5.25. The van der Waals surface area contributed by atoms with E-state index in [-0.39, 0.29) is 28.0 Å². The summed E-state index contributed by atoms with van der Waals surface area (Å²) in [7, 11) is 0. The molecule has 1 saturated heterocycles. The number of amides is 1. The second kappa shape index (κ2) is 14.8. The normalized spacial score (nSPS) is 21.2. The number of ether oxygens (including phenoxy) is 3. The Kier molecular flexibility index (Phi) is 10.6. The molecule has 1 fully saturated rings. The number of rotatable bonds is 12. The largest absolute Gasteiger partial charge is 0.507 e. The van der Waals surface area contributed by atoms with Gasteiger partial charge in [-0.1, -0.05) is 56.5 Å². The van der Waals surface area contributed by atoms with E-state index in [4.69, 9.17) is 18.6 Å². The highest BCUT2D eigenvalue weighted by molar-refractivity contribution is 5.88. The van der Waals surface area contributed by atoms with Crippen molar-refractivity contribution >= 4 is 16.9 Å². The van der Waals surface area contributed by atoms with Crippen molar-refractivity contribution in [3.05, 3.63) is 88.1 Å². The van der Waals surface area contributed by atoms with Gasteiger partial charge in [-0.2, -0.15) is 0 Å². The predicted molar refractivity (Wildman–Crippen MR) is 170 cm³/mol. The summed E-state index contributed by atoms with van der Waals surface area (Å²) in [6.07, 6.45) is -4.58. The monoisotopic (exact) mass is 633 g/mol. The van der Waals surface area contributed by atoms with E-state index in [1.165, 1.54) is 19.1 Å². The Morgan fingerprint density at radius 3 is 2.39 bits per heavy atom. The van der Waals surface area contributed by atoms with E-state index in [1.807, 2.05) is 30.3 Å². The molecule has 0 aliphatic carbocycles. The van der Waals surface area contributed by atoms with Crippen LogP contribution in [0.25, 0.3) is 22.3 Å². The lowest BCUT2D eigenvalue weighted by Gasteiger charge is -2.39. The third kappa shape index (κ3) is 7.34. The van der Waals surface area contributed by atoms with E-state index in [0.717, 1.165) is 31.2 Å². The van der Waals surface area contributed by atoms with E-state index < -0.39 is 47.8 Å². The van der Waals surface area contributed by atoms with Crippen molar-refractivity contribution in [2.24, 2.45) is 0 Å². The predicted octanol–water partition coefficient (Wildman–Crippen LogP) is 3.94. The Bertz CT molecular complexity index is 1690. The fourth-order valence-electron chi connectivity index (χ4n) is 5.25. The summed E-state index contributed by atoms with van der Waals surface area (Å²) in [6, 6.07) is 19.4. The molecular weight excluding hydrogens is 594 g/mol. The summed E-state index contributed by atoms with van der Waals surface area (Å²) in [6.45, 7) is 4.32. The van der Waals surface area contributed by atoms with Crippen LogP contribution >= 0.6 is 0 Å². The van der Waals surface area contributed by atoms with Crippen LogP contribution in [0.3, 0.4) is 0 Å². The van der Waals surface area contributed by atoms with Crippen LogP contribution in [0.5, 0.6) is 17.2 Å². The number of benzene rings is 3. The number of phenolic OH excluding ortho intramolecular Hbond substituents is 1. The number of aliphatic hydroxyl groups is 3. The van der Waals surface area contributed by atoms with E-state index in [9.17, 15) is 30.0 Å². The van der Waals surface area contributed by atoms with Gasteiger partial charge in [-0.15, -0.1) is 0 Å². The Labute approximate surface area is 266 Å². The topological polar surface area (TPSA) is 168 Å². The molecule has 1 amide bonds. The molecule has 5 unspecified atom stereocenters. The molecule has 0 bridgehead atoms. The Balaban J connectivity index is 1.35. The standard InChI is InChI=1S/C35H39NO10/c1-3-4-5-9-16-36-34(42)33-31(40)30(39)32(41)35(46-33)45-25-18-27-28(29(38)20(25)2)24(37)17-26(44-27)22-12-14-23(15-13-22)43-19-21-10-7-6-8-11-21/h6-8,10-15,17-18,30-33,35,38-41H,3-5,9,16,19H2,1-2H3,(H,36,42). The third-order valence-electron chi connectivity index (χ3n) is 7.99. The maximum absolute atomic E-state index is 13.1. The van der Waals surface area contributed by atoms with Crippen LogP contribution in [0, 0.1) is 6.92 Å². The number of unbranched alkanes of at least 4 members (excludes halogenated alkanes) is 3. The maximum atomic E-state index is 13.1. The van der Waals surface area contributed by atoms with Crippen molar-refractivity contribution in [1.82, 2.24) is 5.32 Å². The summed E-state index contributed by atoms with van der Waals surface area (Å²) in [4.78, 5) is 25.9. The van der Waals surface area contributed by atoms with Crippen LogP contribution in [0.1, 0.15) is 43.7 Å². The van der Waals surface area contributed by atoms with Gasteiger partial charge in [0.1, 0.15) is 58.9 Å². The summed E-state index contributed by atoms with van der Waals surface area (Å²) in [5.41, 5.74) is 1.25. The van der Waals surface area contributed by atoms with E-state index in [2.05, 4.69) is 12.2 Å². The van der Waals surface area contributed by atoms with Gasteiger partial charge in [0.2, 0.25) is 6.29 Å². The van der Waals surface area contributed by atoms with Gasteiger partial charge in [-0.25, -0.2) is 0 Å². The first-order valence-corrected chi connectivity index (χ1v) is 15.4. The molecule has 11 heteroatoms. The van der Waals surface area contributed by atoms with E-state index in [1.54, 1.807) is 24.3 Å². The molecular formula is C35H39NO10. The molecule has 11 nitrogen and oxygen atoms in total. The lowest BCUT2D eigenvalue weighted by Crippen LogP contribution is -2.62. The minimum Gasteiger partial charge on any atom is -0.507 e. The number of hydrogen-bond donors (Lipinski definition) is 5. The zero-order valence-electron chi connectivity index (χ0n) is 25.7. The van der Waals surface area contributed by atoms with Crippen LogP contribution in [0.2, 0.25) is 0 Å². The lowest BCUT2D eigenvalue weighted by atomic mass is 9.98. The second-order valence-electron chi connectivity index (χ2n) is 11.4. The average molecular weight is 634 g/mol. The molecule has 1 aromatic heterocycles. The van der Waals surface area contributed by atoms with Crippen LogP contribution in [-0.2, 0) is 16.1 Å². The van der Waals surface area contributed by atoms with Crippen LogP contribution in [-0.4, -0.2) is 63.6 Å². The minimum absolute atomic E-state index is 0.00254. The van der Waals surface area contributed by atoms with Crippen molar-refractivity contribution in [3.8, 4) is 28.6 Å². The summed E-state index contributed by atoms with van der Waals surface area (Å²) in [5, 5.41) is 45.2. The number of phenols is 1. The molecule has 0 spiro atoms. The maximum Gasteiger partial charge on any atom is 0.252 e. The van der Waals surface area contributed by atoms with Crippen molar-refractivity contribution in [3.63, 3.8) is 0 Å². The van der Waals surface area contributed by atoms with Gasteiger partial charge in [-0.3, -0.25) is 9.59 Å². The fraction of sp³-hybridized carbons (Fsp3) is 0.371. The quantitative estimate of drug-likeness (QED) is 0.144.